The molecule has 0 radical (unpaired) electrons. The number of H-pyrrole nitrogens is 1. The highest BCUT2D eigenvalue weighted by molar-refractivity contribution is 6.35. The van der Waals surface area contributed by atoms with Gasteiger partial charge in [0.1, 0.15) is 5.82 Å². The molecule has 0 bridgehead atoms. The molecule has 0 spiro atoms. The smallest absolute Gasteiger partial charge is 0.256 e. The molecule has 8 heteroatoms. The number of aromatic amines is 1. The number of carbonyl (C=O) groups is 2. The Morgan fingerprint density at radius 3 is 2.69 bits per heavy atom. The van der Waals surface area contributed by atoms with Gasteiger partial charge in [0.2, 0.25) is 0 Å². The average molecular weight is 489 g/mol. The van der Waals surface area contributed by atoms with Crippen LogP contribution >= 0.6 is 0 Å². The highest BCUT2D eigenvalue weighted by Crippen LogP contribution is 2.37. The highest BCUT2D eigenvalue weighted by atomic mass is 19.1. The molecule has 1 saturated heterocycles. The maximum Gasteiger partial charge on any atom is 0.256 e. The van der Waals surface area contributed by atoms with E-state index in [4.69, 9.17) is 0 Å². The lowest BCUT2D eigenvalue weighted by Crippen LogP contribution is -2.40. The SMILES string of the molecule is Cc1[nH]c(C=C2C(=O)Nc3ccc(F)cc32)c(-c2ccccc2)c1C(=O)NCCN1CCC(O)CC1. The highest BCUT2D eigenvalue weighted by Gasteiger charge is 2.27. The van der Waals surface area contributed by atoms with Gasteiger partial charge in [-0.3, -0.25) is 9.59 Å². The summed E-state index contributed by atoms with van der Waals surface area (Å²) in [4.78, 5) is 31.6. The van der Waals surface area contributed by atoms with Crippen LogP contribution in [-0.2, 0) is 4.79 Å². The number of aromatic nitrogens is 1. The first-order valence-corrected chi connectivity index (χ1v) is 12.2. The predicted molar refractivity (Wildman–Crippen MR) is 138 cm³/mol. The molecule has 2 aromatic carbocycles. The second-order valence-electron chi connectivity index (χ2n) is 9.31. The number of aryl methyl sites for hydroxylation is 1. The van der Waals surface area contributed by atoms with Crippen molar-refractivity contribution < 1.29 is 19.1 Å². The van der Waals surface area contributed by atoms with E-state index in [2.05, 4.69) is 20.5 Å². The van der Waals surface area contributed by atoms with Crippen molar-refractivity contribution in [2.24, 2.45) is 0 Å². The minimum Gasteiger partial charge on any atom is -0.393 e. The van der Waals surface area contributed by atoms with Crippen molar-refractivity contribution >= 4 is 29.2 Å². The van der Waals surface area contributed by atoms with Gasteiger partial charge in [-0.15, -0.1) is 0 Å². The standard InChI is InChI=1S/C28H29FN4O3/c1-17-25(28(36)30-11-14-33-12-9-20(34)10-13-33)26(18-5-3-2-4-6-18)24(31-17)16-22-21-15-19(29)7-8-23(21)32-27(22)35/h2-8,15-16,20,31,34H,9-14H2,1H3,(H,30,36)(H,32,35). The van der Waals surface area contributed by atoms with Crippen LogP contribution in [0.2, 0.25) is 0 Å². The molecule has 2 aliphatic heterocycles. The first-order chi connectivity index (χ1) is 17.4. The molecular formula is C28H29FN4O3. The van der Waals surface area contributed by atoms with Crippen molar-refractivity contribution in [3.63, 3.8) is 0 Å². The fourth-order valence-electron chi connectivity index (χ4n) is 4.95. The molecule has 0 atom stereocenters. The van der Waals surface area contributed by atoms with Crippen LogP contribution in [0.25, 0.3) is 22.8 Å². The number of hydrogen-bond acceptors (Lipinski definition) is 4. The number of benzene rings is 2. The van der Waals surface area contributed by atoms with Gasteiger partial charge in [0.25, 0.3) is 11.8 Å². The minimum atomic E-state index is -0.426. The molecule has 0 saturated carbocycles. The normalized spacial score (nSPS) is 17.3. The van der Waals surface area contributed by atoms with Gasteiger partial charge >= 0.3 is 0 Å². The number of amides is 2. The number of carbonyl (C=O) groups excluding carboxylic acids is 2. The molecule has 3 aromatic rings. The second kappa shape index (κ2) is 10.1. The van der Waals surface area contributed by atoms with Gasteiger partial charge in [0.05, 0.1) is 17.2 Å². The van der Waals surface area contributed by atoms with Crippen LogP contribution in [0, 0.1) is 12.7 Å². The van der Waals surface area contributed by atoms with E-state index in [1.165, 1.54) is 12.1 Å². The molecule has 36 heavy (non-hydrogen) atoms. The summed E-state index contributed by atoms with van der Waals surface area (Å²) in [5.41, 5.74) is 4.71. The quantitative estimate of drug-likeness (QED) is 0.397. The van der Waals surface area contributed by atoms with Gasteiger partial charge in [-0.05, 0) is 49.6 Å². The Kier molecular flexibility index (Phi) is 6.71. The van der Waals surface area contributed by atoms with Gasteiger partial charge in [0, 0.05) is 54.4 Å². The summed E-state index contributed by atoms with van der Waals surface area (Å²) in [6, 6.07) is 13.7. The summed E-state index contributed by atoms with van der Waals surface area (Å²) in [6.45, 7) is 4.66. The lowest BCUT2D eigenvalue weighted by molar-refractivity contribution is -0.110. The summed E-state index contributed by atoms with van der Waals surface area (Å²) >= 11 is 0. The molecule has 2 aliphatic rings. The summed E-state index contributed by atoms with van der Waals surface area (Å²) in [5.74, 6) is -0.948. The van der Waals surface area contributed by atoms with Crippen LogP contribution in [0.4, 0.5) is 10.1 Å². The first-order valence-electron chi connectivity index (χ1n) is 12.2. The van der Waals surface area contributed by atoms with Crippen LogP contribution < -0.4 is 10.6 Å². The van der Waals surface area contributed by atoms with E-state index in [1.807, 2.05) is 37.3 Å². The van der Waals surface area contributed by atoms with E-state index >= 15 is 0 Å². The van der Waals surface area contributed by atoms with Crippen molar-refractivity contribution in [1.29, 1.82) is 0 Å². The van der Waals surface area contributed by atoms with Gasteiger partial charge in [-0.1, -0.05) is 30.3 Å². The number of aliphatic hydroxyl groups excluding tert-OH is 1. The molecule has 1 fully saturated rings. The van der Waals surface area contributed by atoms with Crippen molar-refractivity contribution in [2.75, 3.05) is 31.5 Å². The number of piperidine rings is 1. The van der Waals surface area contributed by atoms with Gasteiger partial charge in [-0.2, -0.15) is 0 Å². The molecule has 4 N–H and O–H groups in total. The van der Waals surface area contributed by atoms with Crippen LogP contribution in [0.3, 0.4) is 0 Å². The van der Waals surface area contributed by atoms with Crippen LogP contribution in [0.15, 0.2) is 48.5 Å². The fraction of sp³-hybridized carbons (Fsp3) is 0.286. The Hall–Kier alpha value is -3.75. The summed E-state index contributed by atoms with van der Waals surface area (Å²) < 4.78 is 13.9. The van der Waals surface area contributed by atoms with E-state index in [-0.39, 0.29) is 17.9 Å². The third kappa shape index (κ3) is 4.82. The van der Waals surface area contributed by atoms with Crippen LogP contribution in [-0.4, -0.2) is 59.1 Å². The van der Waals surface area contributed by atoms with Crippen molar-refractivity contribution in [2.45, 2.75) is 25.9 Å². The number of fused-ring (bicyclic) bond motifs is 1. The molecular weight excluding hydrogens is 459 g/mol. The Bertz CT molecular complexity index is 1320. The zero-order valence-corrected chi connectivity index (χ0v) is 20.1. The fourth-order valence-corrected chi connectivity index (χ4v) is 4.95. The Morgan fingerprint density at radius 1 is 1.19 bits per heavy atom. The van der Waals surface area contributed by atoms with Crippen LogP contribution in [0.1, 0.15) is 40.2 Å². The first kappa shape index (κ1) is 24.0. The van der Waals surface area contributed by atoms with E-state index in [0.29, 0.717) is 52.4 Å². The number of nitrogens with zero attached hydrogens (tertiary/aromatic N) is 1. The third-order valence-corrected chi connectivity index (χ3v) is 6.83. The van der Waals surface area contributed by atoms with Gasteiger partial charge in [-0.25, -0.2) is 4.39 Å². The summed E-state index contributed by atoms with van der Waals surface area (Å²) in [5, 5.41) is 15.5. The molecule has 2 amide bonds. The zero-order chi connectivity index (χ0) is 25.2. The number of aliphatic hydroxyl groups is 1. The minimum absolute atomic E-state index is 0.202. The van der Waals surface area contributed by atoms with Crippen LogP contribution in [0.5, 0.6) is 0 Å². The monoisotopic (exact) mass is 488 g/mol. The maximum atomic E-state index is 13.9. The van der Waals surface area contributed by atoms with Crippen molar-refractivity contribution in [1.82, 2.24) is 15.2 Å². The molecule has 1 aromatic heterocycles. The summed E-state index contributed by atoms with van der Waals surface area (Å²) in [7, 11) is 0. The molecule has 0 unspecified atom stereocenters. The van der Waals surface area contributed by atoms with E-state index in [0.717, 1.165) is 31.5 Å². The van der Waals surface area contributed by atoms with Crippen molar-refractivity contribution in [3.8, 4) is 11.1 Å². The van der Waals surface area contributed by atoms with E-state index in [9.17, 15) is 19.1 Å². The molecule has 5 rings (SSSR count). The number of hydrogen-bond donors (Lipinski definition) is 4. The largest absolute Gasteiger partial charge is 0.393 e. The maximum absolute atomic E-state index is 13.9. The van der Waals surface area contributed by atoms with Gasteiger partial charge in [0.15, 0.2) is 0 Å². The van der Waals surface area contributed by atoms with Gasteiger partial charge < -0.3 is 25.6 Å². The Balaban J connectivity index is 1.46. The lowest BCUT2D eigenvalue weighted by atomic mass is 9.97. The van der Waals surface area contributed by atoms with E-state index in [1.54, 1.807) is 12.1 Å². The topological polar surface area (TPSA) is 97.5 Å². The third-order valence-electron chi connectivity index (χ3n) is 6.83. The Morgan fingerprint density at radius 2 is 1.94 bits per heavy atom. The molecule has 7 nitrogen and oxygen atoms in total. The average Bonchev–Trinajstić information content (AvgIpc) is 3.36. The number of nitrogens with one attached hydrogen (secondary N) is 3. The number of likely N-dealkylation sites (tertiary alicyclic amines) is 1. The number of anilines is 1. The number of rotatable bonds is 6. The molecule has 3 heterocycles. The Labute approximate surface area is 209 Å². The number of halogens is 1. The lowest BCUT2D eigenvalue weighted by Gasteiger charge is -2.29. The van der Waals surface area contributed by atoms with Crippen molar-refractivity contribution in [3.05, 3.63) is 76.9 Å². The summed E-state index contributed by atoms with van der Waals surface area (Å²) in [6.07, 6.45) is 2.96. The molecule has 0 aliphatic carbocycles. The zero-order valence-electron chi connectivity index (χ0n) is 20.1. The molecule has 186 valence electrons. The second-order valence-corrected chi connectivity index (χ2v) is 9.31. The predicted octanol–water partition coefficient (Wildman–Crippen LogP) is 3.81. The van der Waals surface area contributed by atoms with E-state index < -0.39 is 5.82 Å².